The monoisotopic (exact) mass is 469 g/mol. The normalized spacial score (nSPS) is 10.3. The van der Waals surface area contributed by atoms with E-state index in [0.717, 1.165) is 5.56 Å². The van der Waals surface area contributed by atoms with E-state index < -0.39 is 18.5 Å². The Morgan fingerprint density at radius 1 is 0.969 bits per heavy atom. The number of ether oxygens (including phenoxy) is 1. The highest BCUT2D eigenvalue weighted by Crippen LogP contribution is 2.24. The molecule has 9 heteroatoms. The molecule has 0 atom stereocenters. The van der Waals surface area contributed by atoms with Gasteiger partial charge in [0.15, 0.2) is 6.61 Å². The summed E-state index contributed by atoms with van der Waals surface area (Å²) in [5, 5.41) is 5.77. The predicted molar refractivity (Wildman–Crippen MR) is 125 cm³/mol. The number of carbonyl (C=O) groups excluding carboxylic acids is 3. The molecule has 2 amide bonds. The van der Waals surface area contributed by atoms with Gasteiger partial charge < -0.3 is 15.4 Å². The number of esters is 1. The smallest absolute Gasteiger partial charge is 0.339 e. The Kier molecular flexibility index (Phi) is 8.24. The molecular formula is C23H20ClN3O4S. The number of halogens is 1. The van der Waals surface area contributed by atoms with Crippen molar-refractivity contribution in [2.45, 2.75) is 11.8 Å². The Labute approximate surface area is 194 Å². The lowest BCUT2D eigenvalue weighted by Gasteiger charge is -2.10. The highest BCUT2D eigenvalue weighted by molar-refractivity contribution is 8.00. The standard InChI is InChI=1S/C23H20ClN3O4S/c1-15-6-9-17(10-7-15)26-22(29)14-32-19-5-3-2-4-18(19)23(30)31-13-21(28)27-20-11-8-16(24)12-25-20/h2-12H,13-14H2,1H3,(H,26,29)(H,25,27,28). The largest absolute Gasteiger partial charge is 0.452 e. The Balaban J connectivity index is 1.52. The molecule has 7 nitrogen and oxygen atoms in total. The van der Waals surface area contributed by atoms with Crippen molar-refractivity contribution in [1.29, 1.82) is 0 Å². The maximum atomic E-state index is 12.5. The predicted octanol–water partition coefficient (Wildman–Crippen LogP) is 4.57. The van der Waals surface area contributed by atoms with Crippen LogP contribution >= 0.6 is 23.4 Å². The molecule has 0 radical (unpaired) electrons. The number of anilines is 2. The van der Waals surface area contributed by atoms with Crippen LogP contribution in [0.3, 0.4) is 0 Å². The summed E-state index contributed by atoms with van der Waals surface area (Å²) in [6.07, 6.45) is 1.39. The molecule has 0 aliphatic heterocycles. The number of nitrogens with zero attached hydrogens (tertiary/aromatic N) is 1. The van der Waals surface area contributed by atoms with Crippen LogP contribution in [0, 0.1) is 6.92 Å². The van der Waals surface area contributed by atoms with Crippen LogP contribution in [0.1, 0.15) is 15.9 Å². The first kappa shape index (κ1) is 23.3. The third-order valence-electron chi connectivity index (χ3n) is 4.13. The third-order valence-corrected chi connectivity index (χ3v) is 5.43. The van der Waals surface area contributed by atoms with Crippen molar-refractivity contribution in [3.05, 3.63) is 83.0 Å². The molecule has 1 heterocycles. The third kappa shape index (κ3) is 7.11. The van der Waals surface area contributed by atoms with E-state index in [4.69, 9.17) is 16.3 Å². The molecule has 0 fully saturated rings. The van der Waals surface area contributed by atoms with Gasteiger partial charge in [-0.15, -0.1) is 11.8 Å². The van der Waals surface area contributed by atoms with Gasteiger partial charge in [-0.3, -0.25) is 9.59 Å². The number of carbonyl (C=O) groups is 3. The number of pyridine rings is 1. The summed E-state index contributed by atoms with van der Waals surface area (Å²) in [6, 6.07) is 17.3. The molecule has 0 saturated heterocycles. The highest BCUT2D eigenvalue weighted by atomic mass is 35.5. The fraction of sp³-hybridized carbons (Fsp3) is 0.130. The van der Waals surface area contributed by atoms with Crippen LogP contribution in [0.5, 0.6) is 0 Å². The summed E-state index contributed by atoms with van der Waals surface area (Å²) in [6.45, 7) is 1.49. The van der Waals surface area contributed by atoms with Crippen molar-refractivity contribution in [2.75, 3.05) is 23.0 Å². The van der Waals surface area contributed by atoms with Crippen LogP contribution in [0.4, 0.5) is 11.5 Å². The number of hydrogen-bond donors (Lipinski definition) is 2. The lowest BCUT2D eigenvalue weighted by Crippen LogP contribution is -2.21. The van der Waals surface area contributed by atoms with E-state index in [1.54, 1.807) is 30.3 Å². The summed E-state index contributed by atoms with van der Waals surface area (Å²) in [5.41, 5.74) is 2.08. The van der Waals surface area contributed by atoms with E-state index in [1.165, 1.54) is 24.0 Å². The molecule has 0 saturated carbocycles. The van der Waals surface area contributed by atoms with E-state index in [-0.39, 0.29) is 17.2 Å². The molecule has 1 aromatic heterocycles. The minimum Gasteiger partial charge on any atom is -0.452 e. The maximum Gasteiger partial charge on any atom is 0.339 e. The van der Waals surface area contributed by atoms with Crippen LogP contribution in [-0.2, 0) is 14.3 Å². The van der Waals surface area contributed by atoms with Crippen LogP contribution < -0.4 is 10.6 Å². The zero-order chi connectivity index (χ0) is 22.9. The molecule has 3 aromatic rings. The first-order valence-corrected chi connectivity index (χ1v) is 10.9. The van der Waals surface area contributed by atoms with Gasteiger partial charge in [0.1, 0.15) is 5.82 Å². The van der Waals surface area contributed by atoms with Gasteiger partial charge in [0.05, 0.1) is 16.3 Å². The first-order valence-electron chi connectivity index (χ1n) is 9.57. The SMILES string of the molecule is Cc1ccc(NC(=O)CSc2ccccc2C(=O)OCC(=O)Nc2ccc(Cl)cn2)cc1. The molecule has 0 spiro atoms. The maximum absolute atomic E-state index is 12.5. The summed E-state index contributed by atoms with van der Waals surface area (Å²) in [4.78, 5) is 41.3. The molecule has 32 heavy (non-hydrogen) atoms. The van der Waals surface area contributed by atoms with Gasteiger partial charge in [0.25, 0.3) is 5.91 Å². The molecule has 0 aliphatic rings. The number of rotatable bonds is 8. The second-order valence-corrected chi connectivity index (χ2v) is 8.14. The first-order chi connectivity index (χ1) is 15.4. The average Bonchev–Trinajstić information content (AvgIpc) is 2.79. The number of aryl methyl sites for hydroxylation is 1. The quantitative estimate of drug-likeness (QED) is 0.370. The number of aromatic nitrogens is 1. The van der Waals surface area contributed by atoms with Gasteiger partial charge in [0, 0.05) is 16.8 Å². The van der Waals surface area contributed by atoms with Gasteiger partial charge in [-0.2, -0.15) is 0 Å². The number of hydrogen-bond acceptors (Lipinski definition) is 6. The number of benzene rings is 2. The summed E-state index contributed by atoms with van der Waals surface area (Å²) >= 11 is 6.96. The molecule has 2 aromatic carbocycles. The number of nitrogens with one attached hydrogen (secondary N) is 2. The molecule has 0 aliphatic carbocycles. The van der Waals surface area contributed by atoms with E-state index in [1.807, 2.05) is 31.2 Å². The van der Waals surface area contributed by atoms with Crippen molar-refractivity contribution >= 4 is 52.7 Å². The van der Waals surface area contributed by atoms with Gasteiger partial charge in [0.2, 0.25) is 5.91 Å². The van der Waals surface area contributed by atoms with Crippen LogP contribution in [0.15, 0.2) is 71.8 Å². The van der Waals surface area contributed by atoms with Crippen LogP contribution in [0.2, 0.25) is 5.02 Å². The van der Waals surface area contributed by atoms with Crippen LogP contribution in [-0.4, -0.2) is 35.1 Å². The van der Waals surface area contributed by atoms with Crippen molar-refractivity contribution < 1.29 is 19.1 Å². The molecule has 2 N–H and O–H groups in total. The number of amides is 2. The van der Waals surface area contributed by atoms with Crippen molar-refractivity contribution in [2.24, 2.45) is 0 Å². The molecule has 0 bridgehead atoms. The summed E-state index contributed by atoms with van der Waals surface area (Å²) in [7, 11) is 0. The van der Waals surface area contributed by atoms with Crippen molar-refractivity contribution in [1.82, 2.24) is 4.98 Å². The van der Waals surface area contributed by atoms with E-state index in [0.29, 0.717) is 21.4 Å². The average molecular weight is 470 g/mol. The van der Waals surface area contributed by atoms with Gasteiger partial charge >= 0.3 is 5.97 Å². The Bertz CT molecular complexity index is 1100. The molecule has 3 rings (SSSR count). The van der Waals surface area contributed by atoms with E-state index >= 15 is 0 Å². The number of thioether (sulfide) groups is 1. The fourth-order valence-electron chi connectivity index (χ4n) is 2.58. The zero-order valence-corrected chi connectivity index (χ0v) is 18.7. The second-order valence-electron chi connectivity index (χ2n) is 6.69. The molecular weight excluding hydrogens is 450 g/mol. The topological polar surface area (TPSA) is 97.4 Å². The Hall–Kier alpha value is -3.36. The van der Waals surface area contributed by atoms with Gasteiger partial charge in [-0.05, 0) is 43.3 Å². The Morgan fingerprint density at radius 2 is 1.72 bits per heavy atom. The summed E-state index contributed by atoms with van der Waals surface area (Å²) in [5.74, 6) is -0.981. The minimum atomic E-state index is -0.661. The molecule has 0 unspecified atom stereocenters. The lowest BCUT2D eigenvalue weighted by atomic mass is 10.2. The van der Waals surface area contributed by atoms with E-state index in [9.17, 15) is 14.4 Å². The van der Waals surface area contributed by atoms with Gasteiger partial charge in [-0.1, -0.05) is 41.4 Å². The minimum absolute atomic E-state index is 0.112. The zero-order valence-electron chi connectivity index (χ0n) is 17.1. The second kappa shape index (κ2) is 11.3. The Morgan fingerprint density at radius 3 is 2.44 bits per heavy atom. The van der Waals surface area contributed by atoms with Gasteiger partial charge in [-0.25, -0.2) is 9.78 Å². The highest BCUT2D eigenvalue weighted by Gasteiger charge is 2.16. The lowest BCUT2D eigenvalue weighted by molar-refractivity contribution is -0.119. The van der Waals surface area contributed by atoms with Crippen molar-refractivity contribution in [3.8, 4) is 0 Å². The van der Waals surface area contributed by atoms with Crippen LogP contribution in [0.25, 0.3) is 0 Å². The van der Waals surface area contributed by atoms with Crippen molar-refractivity contribution in [3.63, 3.8) is 0 Å². The fourth-order valence-corrected chi connectivity index (χ4v) is 3.53. The summed E-state index contributed by atoms with van der Waals surface area (Å²) < 4.78 is 5.12. The molecule has 164 valence electrons. The van der Waals surface area contributed by atoms with E-state index in [2.05, 4.69) is 15.6 Å².